The molecule has 0 aliphatic heterocycles. The number of anilines is 1. The zero-order chi connectivity index (χ0) is 14.4. The minimum atomic E-state index is -1.07. The predicted molar refractivity (Wildman–Crippen MR) is 75.9 cm³/mol. The van der Waals surface area contributed by atoms with E-state index in [9.17, 15) is 4.79 Å². The fraction of sp³-hybridized carbons (Fsp3) is 0.333. The largest absolute Gasteiger partial charge is 0.476 e. The highest BCUT2D eigenvalue weighted by Crippen LogP contribution is 2.18. The van der Waals surface area contributed by atoms with Crippen LogP contribution in [-0.2, 0) is 6.54 Å². The summed E-state index contributed by atoms with van der Waals surface area (Å²) in [6, 6.07) is 11.5. The molecule has 0 aliphatic rings. The summed E-state index contributed by atoms with van der Waals surface area (Å²) in [5.41, 5.74) is 1.04. The third-order valence-electron chi connectivity index (χ3n) is 3.03. The van der Waals surface area contributed by atoms with E-state index >= 15 is 0 Å². The van der Waals surface area contributed by atoms with Crippen molar-refractivity contribution in [3.63, 3.8) is 0 Å². The second-order valence-electron chi connectivity index (χ2n) is 4.59. The molecule has 1 aromatic heterocycles. The van der Waals surface area contributed by atoms with Crippen molar-refractivity contribution < 1.29 is 14.4 Å². The van der Waals surface area contributed by atoms with Crippen molar-refractivity contribution in [1.29, 1.82) is 0 Å². The fourth-order valence-electron chi connectivity index (χ4n) is 1.96. The molecule has 0 spiro atoms. The van der Waals surface area contributed by atoms with Gasteiger partial charge in [0.05, 0.1) is 6.54 Å². The van der Waals surface area contributed by atoms with Gasteiger partial charge in [0, 0.05) is 18.3 Å². The van der Waals surface area contributed by atoms with Crippen molar-refractivity contribution in [2.24, 2.45) is 0 Å². The summed E-state index contributed by atoms with van der Waals surface area (Å²) in [5.74, 6) is -0.512. The first-order valence-corrected chi connectivity index (χ1v) is 6.69. The molecule has 1 heterocycles. The minimum Gasteiger partial charge on any atom is -0.476 e. The van der Waals surface area contributed by atoms with Gasteiger partial charge < -0.3 is 14.5 Å². The molecule has 0 saturated heterocycles. The second kappa shape index (κ2) is 6.75. The van der Waals surface area contributed by atoms with Crippen LogP contribution < -0.4 is 4.90 Å². The van der Waals surface area contributed by atoms with Crippen LogP contribution >= 0.6 is 0 Å². The number of rotatable bonds is 7. The molecular formula is C15H18N2O3. The van der Waals surface area contributed by atoms with Crippen LogP contribution in [0.3, 0.4) is 0 Å². The van der Waals surface area contributed by atoms with E-state index in [2.05, 4.69) is 17.0 Å². The van der Waals surface area contributed by atoms with Crippen molar-refractivity contribution in [1.82, 2.24) is 5.16 Å². The van der Waals surface area contributed by atoms with E-state index in [0.29, 0.717) is 12.3 Å². The SMILES string of the molecule is CCCCN(Cc1cc(C(=O)O)no1)c1ccccc1. The zero-order valence-electron chi connectivity index (χ0n) is 11.5. The summed E-state index contributed by atoms with van der Waals surface area (Å²) in [7, 11) is 0. The van der Waals surface area contributed by atoms with Gasteiger partial charge in [0.25, 0.3) is 0 Å². The van der Waals surface area contributed by atoms with Gasteiger partial charge in [0.2, 0.25) is 0 Å². The fourth-order valence-corrected chi connectivity index (χ4v) is 1.96. The molecule has 0 aliphatic carbocycles. The normalized spacial score (nSPS) is 10.4. The van der Waals surface area contributed by atoms with Crippen LogP contribution in [0, 0.1) is 0 Å². The molecule has 0 fully saturated rings. The molecule has 1 aromatic carbocycles. The number of nitrogens with zero attached hydrogens (tertiary/aromatic N) is 2. The van der Waals surface area contributed by atoms with E-state index in [1.807, 2.05) is 30.3 Å². The van der Waals surface area contributed by atoms with Crippen molar-refractivity contribution >= 4 is 11.7 Å². The molecule has 0 atom stereocenters. The summed E-state index contributed by atoms with van der Waals surface area (Å²) in [6.07, 6.45) is 2.16. The van der Waals surface area contributed by atoms with Crippen LogP contribution in [0.15, 0.2) is 40.9 Å². The van der Waals surface area contributed by atoms with Crippen molar-refractivity contribution in [3.8, 4) is 0 Å². The number of hydrogen-bond donors (Lipinski definition) is 1. The number of benzene rings is 1. The van der Waals surface area contributed by atoms with Gasteiger partial charge in [0.1, 0.15) is 0 Å². The summed E-state index contributed by atoms with van der Waals surface area (Å²) in [5, 5.41) is 12.4. The van der Waals surface area contributed by atoms with Crippen LogP contribution in [-0.4, -0.2) is 22.8 Å². The Morgan fingerprint density at radius 1 is 1.35 bits per heavy atom. The molecule has 0 unspecified atom stereocenters. The summed E-state index contributed by atoms with van der Waals surface area (Å²) in [4.78, 5) is 13.0. The first-order valence-electron chi connectivity index (χ1n) is 6.69. The molecule has 0 amide bonds. The first-order chi connectivity index (χ1) is 9.70. The number of para-hydroxylation sites is 1. The standard InChI is InChI=1S/C15H18N2O3/c1-2-3-9-17(12-7-5-4-6-8-12)11-13-10-14(15(18)19)16-20-13/h4-8,10H,2-3,9,11H2,1H3,(H,18,19). The summed E-state index contributed by atoms with van der Waals surface area (Å²) < 4.78 is 5.09. The predicted octanol–water partition coefficient (Wildman–Crippen LogP) is 3.18. The number of carbonyl (C=O) groups is 1. The highest BCUT2D eigenvalue weighted by atomic mass is 16.5. The molecule has 5 nitrogen and oxygen atoms in total. The molecule has 0 saturated carbocycles. The molecule has 0 bridgehead atoms. The lowest BCUT2D eigenvalue weighted by molar-refractivity contribution is 0.0685. The Hall–Kier alpha value is -2.30. The first kappa shape index (κ1) is 14.1. The van der Waals surface area contributed by atoms with Crippen LogP contribution in [0.2, 0.25) is 0 Å². The van der Waals surface area contributed by atoms with E-state index in [1.54, 1.807) is 0 Å². The van der Waals surface area contributed by atoms with E-state index in [0.717, 1.165) is 25.1 Å². The van der Waals surface area contributed by atoms with E-state index < -0.39 is 5.97 Å². The highest BCUT2D eigenvalue weighted by Gasteiger charge is 2.14. The van der Waals surface area contributed by atoms with Gasteiger partial charge in [-0.1, -0.05) is 36.7 Å². The molecular weight excluding hydrogens is 256 g/mol. The molecule has 0 radical (unpaired) electrons. The maximum atomic E-state index is 10.8. The Morgan fingerprint density at radius 3 is 2.70 bits per heavy atom. The maximum Gasteiger partial charge on any atom is 0.358 e. The number of aromatic carboxylic acids is 1. The van der Waals surface area contributed by atoms with E-state index in [1.165, 1.54) is 6.07 Å². The van der Waals surface area contributed by atoms with Gasteiger partial charge in [-0.05, 0) is 18.6 Å². The van der Waals surface area contributed by atoms with Crippen molar-refractivity contribution in [2.75, 3.05) is 11.4 Å². The third kappa shape index (κ3) is 3.60. The van der Waals surface area contributed by atoms with Gasteiger partial charge in [0.15, 0.2) is 11.5 Å². The lowest BCUT2D eigenvalue weighted by Gasteiger charge is -2.23. The Morgan fingerprint density at radius 2 is 2.10 bits per heavy atom. The number of unbranched alkanes of at least 4 members (excludes halogenated alkanes) is 1. The number of carboxylic acid groups (broad SMARTS) is 1. The molecule has 20 heavy (non-hydrogen) atoms. The Labute approximate surface area is 117 Å². The maximum absolute atomic E-state index is 10.8. The smallest absolute Gasteiger partial charge is 0.358 e. The lowest BCUT2D eigenvalue weighted by Crippen LogP contribution is -2.23. The number of carboxylic acids is 1. The second-order valence-corrected chi connectivity index (χ2v) is 4.59. The third-order valence-corrected chi connectivity index (χ3v) is 3.03. The van der Waals surface area contributed by atoms with Crippen LogP contribution in [0.1, 0.15) is 36.0 Å². The molecule has 106 valence electrons. The van der Waals surface area contributed by atoms with Crippen LogP contribution in [0.4, 0.5) is 5.69 Å². The number of aromatic nitrogens is 1. The molecule has 2 rings (SSSR count). The van der Waals surface area contributed by atoms with Crippen LogP contribution in [0.5, 0.6) is 0 Å². The highest BCUT2D eigenvalue weighted by molar-refractivity contribution is 5.85. The Balaban J connectivity index is 2.12. The number of hydrogen-bond acceptors (Lipinski definition) is 4. The van der Waals surface area contributed by atoms with Gasteiger partial charge in [-0.25, -0.2) is 4.79 Å². The average Bonchev–Trinajstić information content (AvgIpc) is 2.93. The minimum absolute atomic E-state index is 0.0523. The van der Waals surface area contributed by atoms with Crippen LogP contribution in [0.25, 0.3) is 0 Å². The van der Waals surface area contributed by atoms with Gasteiger partial charge in [-0.15, -0.1) is 0 Å². The van der Waals surface area contributed by atoms with Gasteiger partial charge in [-0.2, -0.15) is 0 Å². The van der Waals surface area contributed by atoms with E-state index in [4.69, 9.17) is 9.63 Å². The topological polar surface area (TPSA) is 66.6 Å². The Kier molecular flexibility index (Phi) is 4.76. The summed E-state index contributed by atoms with van der Waals surface area (Å²) in [6.45, 7) is 3.55. The zero-order valence-corrected chi connectivity index (χ0v) is 11.5. The quantitative estimate of drug-likeness (QED) is 0.840. The molecule has 2 aromatic rings. The molecule has 5 heteroatoms. The van der Waals surface area contributed by atoms with E-state index in [-0.39, 0.29) is 5.69 Å². The van der Waals surface area contributed by atoms with Gasteiger partial charge >= 0.3 is 5.97 Å². The monoisotopic (exact) mass is 274 g/mol. The van der Waals surface area contributed by atoms with Gasteiger partial charge in [-0.3, -0.25) is 0 Å². The summed E-state index contributed by atoms with van der Waals surface area (Å²) >= 11 is 0. The molecule has 1 N–H and O–H groups in total. The van der Waals surface area contributed by atoms with Crippen molar-refractivity contribution in [3.05, 3.63) is 47.9 Å². The lowest BCUT2D eigenvalue weighted by atomic mass is 10.2. The Bertz CT molecular complexity index is 551. The van der Waals surface area contributed by atoms with Crippen molar-refractivity contribution in [2.45, 2.75) is 26.3 Å². The average molecular weight is 274 g/mol.